The lowest BCUT2D eigenvalue weighted by Crippen LogP contribution is -1.83. The summed E-state index contributed by atoms with van der Waals surface area (Å²) in [5.74, 6) is 0.0671. The highest BCUT2D eigenvalue weighted by atomic mass is 32.2. The van der Waals surface area contributed by atoms with Crippen molar-refractivity contribution in [2.45, 2.75) is 4.90 Å². The molecule has 0 spiro atoms. The highest BCUT2D eigenvalue weighted by molar-refractivity contribution is 7.93. The van der Waals surface area contributed by atoms with Gasteiger partial charge in [-0.3, -0.25) is 10.1 Å². The molecule has 0 amide bonds. The topological polar surface area (TPSA) is 63.4 Å². The Bertz CT molecular complexity index is 527. The van der Waals surface area contributed by atoms with Gasteiger partial charge in [-0.15, -0.1) is 0 Å². The maximum absolute atomic E-state index is 10.3. The van der Waals surface area contributed by atoms with Crippen LogP contribution >= 0.6 is 11.9 Å². The predicted molar refractivity (Wildman–Crippen MR) is 58.5 cm³/mol. The van der Waals surface area contributed by atoms with Crippen LogP contribution in [0.1, 0.15) is 0 Å². The van der Waals surface area contributed by atoms with Crippen molar-refractivity contribution in [3.8, 4) is 5.75 Å². The summed E-state index contributed by atoms with van der Waals surface area (Å²) in [6.07, 6.45) is 0. The van der Waals surface area contributed by atoms with Crippen molar-refractivity contribution >= 4 is 22.7 Å². The molecule has 0 bridgehead atoms. The highest BCUT2D eigenvalue weighted by Crippen LogP contribution is 2.31. The quantitative estimate of drug-likeness (QED) is 0.481. The van der Waals surface area contributed by atoms with Crippen molar-refractivity contribution < 1.29 is 9.44 Å². The van der Waals surface area contributed by atoms with Gasteiger partial charge in [0.25, 0.3) is 11.9 Å². The van der Waals surface area contributed by atoms with Gasteiger partial charge in [0, 0.05) is 11.5 Å². The van der Waals surface area contributed by atoms with Crippen molar-refractivity contribution in [2.75, 3.05) is 0 Å². The van der Waals surface area contributed by atoms with Gasteiger partial charge in [-0.25, -0.2) is 0 Å². The van der Waals surface area contributed by atoms with Gasteiger partial charge in [-0.05, 0) is 11.5 Å². The second kappa shape index (κ2) is 3.78. The number of hydrogen-bond acceptors (Lipinski definition) is 4. The van der Waals surface area contributed by atoms with E-state index < -0.39 is 4.33 Å². The Morgan fingerprint density at radius 3 is 2.73 bits per heavy atom. The standard InChI is InChI=1S/C10H7NO3S/c12-10-6-8(15-11(13)14)5-7-3-1-2-4-9(7)10/h1-6,12H. The fourth-order valence-corrected chi connectivity index (χ4v) is 1.92. The van der Waals surface area contributed by atoms with Gasteiger partial charge in [0.05, 0.1) is 4.90 Å². The van der Waals surface area contributed by atoms with E-state index in [0.717, 1.165) is 5.39 Å². The molecule has 0 fully saturated rings. The smallest absolute Gasteiger partial charge is 0.265 e. The second-order valence-corrected chi connectivity index (χ2v) is 3.93. The molecule has 4 nitrogen and oxygen atoms in total. The van der Waals surface area contributed by atoms with Gasteiger partial charge in [0.1, 0.15) is 10.1 Å². The molecule has 2 rings (SSSR count). The highest BCUT2D eigenvalue weighted by Gasteiger charge is 2.09. The SMILES string of the molecule is O=[N+]([O-])Sc1cc(O)c2ccccc2c1. The number of nitrogens with zero attached hydrogens (tertiary/aromatic N) is 1. The van der Waals surface area contributed by atoms with Crippen LogP contribution in [0.4, 0.5) is 0 Å². The first-order valence-electron chi connectivity index (χ1n) is 4.21. The molecule has 76 valence electrons. The summed E-state index contributed by atoms with van der Waals surface area (Å²) in [7, 11) is 0. The van der Waals surface area contributed by atoms with Gasteiger partial charge in [0.15, 0.2) is 0 Å². The number of fused-ring (bicyclic) bond motifs is 1. The maximum atomic E-state index is 10.3. The van der Waals surface area contributed by atoms with E-state index in [1.807, 2.05) is 12.1 Å². The molecule has 0 saturated heterocycles. The van der Waals surface area contributed by atoms with Crippen molar-refractivity contribution in [3.05, 3.63) is 46.5 Å². The van der Waals surface area contributed by atoms with E-state index >= 15 is 0 Å². The van der Waals surface area contributed by atoms with Gasteiger partial charge in [-0.1, -0.05) is 24.3 Å². The fraction of sp³-hybridized carbons (Fsp3) is 0. The Hall–Kier alpha value is -1.75. The fourth-order valence-electron chi connectivity index (χ4n) is 1.40. The first-order valence-corrected chi connectivity index (χ1v) is 4.98. The average molecular weight is 221 g/mol. The molecule has 0 aliphatic rings. The van der Waals surface area contributed by atoms with Crippen LogP contribution in [-0.2, 0) is 0 Å². The van der Waals surface area contributed by atoms with Crippen molar-refractivity contribution in [1.29, 1.82) is 0 Å². The third kappa shape index (κ3) is 2.02. The lowest BCUT2D eigenvalue weighted by molar-refractivity contribution is -0.284. The Labute approximate surface area is 89.8 Å². The third-order valence-corrected chi connectivity index (χ3v) is 2.59. The first-order chi connectivity index (χ1) is 7.16. The molecule has 0 aromatic heterocycles. The van der Waals surface area contributed by atoms with Gasteiger partial charge >= 0.3 is 0 Å². The van der Waals surface area contributed by atoms with Gasteiger partial charge in [0.2, 0.25) is 0 Å². The van der Waals surface area contributed by atoms with Crippen LogP contribution in [0.5, 0.6) is 5.75 Å². The molecular weight excluding hydrogens is 214 g/mol. The van der Waals surface area contributed by atoms with Crippen LogP contribution in [0.15, 0.2) is 41.3 Å². The molecule has 2 aromatic carbocycles. The van der Waals surface area contributed by atoms with E-state index in [0.29, 0.717) is 22.2 Å². The van der Waals surface area contributed by atoms with Crippen LogP contribution in [0.2, 0.25) is 0 Å². The van der Waals surface area contributed by atoms with E-state index in [4.69, 9.17) is 0 Å². The number of hydrogen-bond donors (Lipinski definition) is 1. The molecular formula is C10H7NO3S. The normalized spacial score (nSPS) is 10.4. The molecule has 15 heavy (non-hydrogen) atoms. The second-order valence-electron chi connectivity index (χ2n) is 2.98. The molecule has 0 aliphatic carbocycles. The molecule has 0 heterocycles. The molecule has 0 radical (unpaired) electrons. The zero-order valence-corrected chi connectivity index (χ0v) is 8.40. The summed E-state index contributed by atoms with van der Waals surface area (Å²) in [6.45, 7) is 0. The number of phenolic OH excluding ortho intramolecular Hbond substituents is 1. The lowest BCUT2D eigenvalue weighted by atomic mass is 10.1. The molecule has 0 unspecified atom stereocenters. The molecule has 0 atom stereocenters. The van der Waals surface area contributed by atoms with Crippen molar-refractivity contribution in [3.63, 3.8) is 0 Å². The van der Waals surface area contributed by atoms with Crippen LogP contribution in [0.3, 0.4) is 0 Å². The van der Waals surface area contributed by atoms with Crippen LogP contribution in [-0.4, -0.2) is 9.44 Å². The summed E-state index contributed by atoms with van der Waals surface area (Å²) in [5.41, 5.74) is 0. The van der Waals surface area contributed by atoms with Crippen molar-refractivity contribution in [1.82, 2.24) is 0 Å². The number of nitro groups is 1. The van der Waals surface area contributed by atoms with Crippen LogP contribution < -0.4 is 0 Å². The summed E-state index contributed by atoms with van der Waals surface area (Å²) in [5, 5.41) is 21.4. The summed E-state index contributed by atoms with van der Waals surface area (Å²) in [4.78, 5) is 10.7. The predicted octanol–water partition coefficient (Wildman–Crippen LogP) is 2.83. The van der Waals surface area contributed by atoms with Crippen LogP contribution in [0.25, 0.3) is 10.8 Å². The Morgan fingerprint density at radius 2 is 2.00 bits per heavy atom. The Kier molecular flexibility index (Phi) is 2.47. The van der Waals surface area contributed by atoms with E-state index in [2.05, 4.69) is 0 Å². The number of aromatic hydroxyl groups is 1. The number of phenols is 1. The van der Waals surface area contributed by atoms with Gasteiger partial charge < -0.3 is 5.11 Å². The number of rotatable bonds is 2. The number of benzene rings is 2. The minimum Gasteiger partial charge on any atom is -0.507 e. The molecule has 0 saturated carbocycles. The zero-order valence-electron chi connectivity index (χ0n) is 7.58. The molecule has 1 N–H and O–H groups in total. The zero-order chi connectivity index (χ0) is 10.8. The largest absolute Gasteiger partial charge is 0.507 e. The molecule has 0 aliphatic heterocycles. The maximum Gasteiger partial charge on any atom is 0.265 e. The monoisotopic (exact) mass is 221 g/mol. The average Bonchev–Trinajstić information content (AvgIpc) is 2.16. The molecule has 2 aromatic rings. The van der Waals surface area contributed by atoms with Gasteiger partial charge in [-0.2, -0.15) is 0 Å². The van der Waals surface area contributed by atoms with Crippen LogP contribution in [0, 0.1) is 10.1 Å². The van der Waals surface area contributed by atoms with E-state index in [-0.39, 0.29) is 5.75 Å². The van der Waals surface area contributed by atoms with Crippen molar-refractivity contribution in [2.24, 2.45) is 0 Å². The minimum atomic E-state index is -0.496. The minimum absolute atomic E-state index is 0.0671. The summed E-state index contributed by atoms with van der Waals surface area (Å²) < 4.78 is -0.496. The Balaban J connectivity index is 2.57. The lowest BCUT2D eigenvalue weighted by Gasteiger charge is -2.01. The summed E-state index contributed by atoms with van der Waals surface area (Å²) >= 11 is 0.490. The Morgan fingerprint density at radius 1 is 1.27 bits per heavy atom. The van der Waals surface area contributed by atoms with E-state index in [9.17, 15) is 15.2 Å². The third-order valence-electron chi connectivity index (χ3n) is 1.99. The first kappa shape index (κ1) is 9.79. The van der Waals surface area contributed by atoms with E-state index in [1.165, 1.54) is 6.07 Å². The summed E-state index contributed by atoms with van der Waals surface area (Å²) in [6, 6.07) is 10.3. The molecule has 5 heteroatoms. The van der Waals surface area contributed by atoms with E-state index in [1.54, 1.807) is 18.2 Å².